The Morgan fingerprint density at radius 2 is 0.600 bits per heavy atom. The number of benzene rings is 4. The van der Waals surface area contributed by atoms with Gasteiger partial charge in [-0.2, -0.15) is 72.8 Å². The van der Waals surface area contributed by atoms with Gasteiger partial charge in [0.05, 0.1) is 0 Å². The maximum atomic E-state index is 4.57. The third-order valence-corrected chi connectivity index (χ3v) is 7.05. The summed E-state index contributed by atoms with van der Waals surface area (Å²) in [7, 11) is 0. The number of hydrogen-bond donors (Lipinski definition) is 0. The molecule has 0 N–H and O–H groups in total. The molecule has 0 amide bonds. The fraction of sp³-hybridized carbons (Fsp3) is 0. The van der Waals surface area contributed by atoms with Crippen molar-refractivity contribution in [1.82, 2.24) is 19.9 Å². The van der Waals surface area contributed by atoms with Crippen LogP contribution in [0.4, 0.5) is 0 Å². The molecule has 0 unspecified atom stereocenters. The molecule has 0 saturated carbocycles. The normalized spacial score (nSPS) is 9.68. The largest absolute Gasteiger partial charge is 2.00 e. The summed E-state index contributed by atoms with van der Waals surface area (Å²) >= 11 is 0. The van der Waals surface area contributed by atoms with Gasteiger partial charge in [0.25, 0.3) is 0 Å². The van der Waals surface area contributed by atoms with Gasteiger partial charge < -0.3 is 0 Å². The van der Waals surface area contributed by atoms with Gasteiger partial charge in [-0.1, -0.05) is 81.9 Å². The first-order valence-electron chi connectivity index (χ1n) is 15.5. The Kier molecular flexibility index (Phi) is 15.4. The third kappa shape index (κ3) is 10.9. The molecule has 6 heteroatoms. The second-order valence-corrected chi connectivity index (χ2v) is 10.4. The minimum atomic E-state index is 0. The van der Waals surface area contributed by atoms with E-state index in [4.69, 9.17) is 0 Å². The van der Waals surface area contributed by atoms with Crippen LogP contribution in [0.2, 0.25) is 0 Å². The molecule has 0 aliphatic heterocycles. The summed E-state index contributed by atoms with van der Waals surface area (Å²) in [6.07, 6.45) is 7.19. The molecule has 4 heterocycles. The minimum Gasteiger partial charge on any atom is -0.295 e. The predicted molar refractivity (Wildman–Crippen MR) is 193 cm³/mol. The van der Waals surface area contributed by atoms with Gasteiger partial charge in [-0.25, -0.2) is 0 Å². The fourth-order valence-corrected chi connectivity index (χ4v) is 4.80. The molecular formula is C44H30N4Pt2. The standard InChI is InChI=1S/C32H20N4.2C6H5.2Pt/c1-5-13-33-29(9-1)25-17-23(18-26(21-25)30-10-2-6-14-34-30)24-19-27(31-11-3-7-15-35-31)22-28(20-24)32-12-4-8-16-36-32;2*1-2-4-6-5-3-1;;/h1-20H;2*1-5H;;/q-2;2*-1;2*+2. The topological polar surface area (TPSA) is 51.6 Å². The first-order valence-corrected chi connectivity index (χ1v) is 15.5. The molecule has 0 fully saturated rings. The van der Waals surface area contributed by atoms with Crippen LogP contribution in [0, 0.1) is 24.3 Å². The predicted octanol–water partition coefficient (Wildman–Crippen LogP) is 10.2. The SMILES string of the molecule is [Pt+2].[Pt+2].[c-]1c(-c2ccccn2)cc(-c2cc(-c3ccccn3)[c-]c(-c3ccccn3)c2)cc1-c1ccccn1.[c-]1ccccc1.[c-]1ccccc1. The van der Waals surface area contributed by atoms with Crippen LogP contribution in [0.25, 0.3) is 56.2 Å². The van der Waals surface area contributed by atoms with E-state index < -0.39 is 0 Å². The van der Waals surface area contributed by atoms with E-state index in [1.807, 2.05) is 133 Å². The monoisotopic (exact) mass is 1000 g/mol. The maximum Gasteiger partial charge on any atom is 2.00 e. The molecule has 0 aliphatic rings. The van der Waals surface area contributed by atoms with Crippen LogP contribution in [-0.2, 0) is 42.1 Å². The Morgan fingerprint density at radius 3 is 0.780 bits per heavy atom. The Morgan fingerprint density at radius 1 is 0.320 bits per heavy atom. The molecule has 0 spiro atoms. The average Bonchev–Trinajstić information content (AvgIpc) is 3.21. The number of hydrogen-bond acceptors (Lipinski definition) is 4. The molecule has 8 rings (SSSR count). The summed E-state index contributed by atoms with van der Waals surface area (Å²) in [6, 6.07) is 64.1. The maximum absolute atomic E-state index is 4.57. The second-order valence-electron chi connectivity index (χ2n) is 10.4. The van der Waals surface area contributed by atoms with Crippen molar-refractivity contribution in [3.63, 3.8) is 0 Å². The molecule has 8 aromatic rings. The summed E-state index contributed by atoms with van der Waals surface area (Å²) in [5.41, 5.74) is 9.09. The Bertz CT molecular complexity index is 1780. The van der Waals surface area contributed by atoms with Crippen molar-refractivity contribution in [2.75, 3.05) is 0 Å². The van der Waals surface area contributed by atoms with Crippen molar-refractivity contribution in [3.8, 4) is 56.2 Å². The quantitative estimate of drug-likeness (QED) is 0.161. The van der Waals surface area contributed by atoms with Crippen molar-refractivity contribution in [2.45, 2.75) is 0 Å². The zero-order valence-electron chi connectivity index (χ0n) is 26.7. The van der Waals surface area contributed by atoms with E-state index in [9.17, 15) is 0 Å². The third-order valence-electron chi connectivity index (χ3n) is 7.05. The number of pyridine rings is 4. The van der Waals surface area contributed by atoms with Crippen LogP contribution in [0.1, 0.15) is 0 Å². The molecule has 0 radical (unpaired) electrons. The summed E-state index contributed by atoms with van der Waals surface area (Å²) in [5, 5.41) is 0. The van der Waals surface area contributed by atoms with Crippen molar-refractivity contribution in [1.29, 1.82) is 0 Å². The number of aromatic nitrogens is 4. The van der Waals surface area contributed by atoms with Crippen LogP contribution in [0.5, 0.6) is 0 Å². The molecule has 0 saturated heterocycles. The minimum absolute atomic E-state index is 0. The van der Waals surface area contributed by atoms with Crippen molar-refractivity contribution in [3.05, 3.63) is 207 Å². The summed E-state index contributed by atoms with van der Waals surface area (Å²) in [6.45, 7) is 0. The van der Waals surface area contributed by atoms with Crippen LogP contribution >= 0.6 is 0 Å². The smallest absolute Gasteiger partial charge is 0.295 e. The van der Waals surface area contributed by atoms with Crippen molar-refractivity contribution < 1.29 is 42.1 Å². The second kappa shape index (κ2) is 20.4. The van der Waals surface area contributed by atoms with Crippen molar-refractivity contribution >= 4 is 0 Å². The van der Waals surface area contributed by atoms with Crippen LogP contribution in [-0.4, -0.2) is 19.9 Å². The van der Waals surface area contributed by atoms with Gasteiger partial charge in [0.1, 0.15) is 0 Å². The molecule has 4 aromatic carbocycles. The van der Waals surface area contributed by atoms with Gasteiger partial charge in [0, 0.05) is 47.6 Å². The van der Waals surface area contributed by atoms with Crippen LogP contribution in [0.15, 0.2) is 183 Å². The van der Waals surface area contributed by atoms with Gasteiger partial charge >= 0.3 is 42.1 Å². The molecular weight excluding hydrogens is 975 g/mol. The van der Waals surface area contributed by atoms with E-state index in [1.165, 1.54) is 0 Å². The molecule has 246 valence electrons. The first kappa shape index (κ1) is 37.7. The zero-order chi connectivity index (χ0) is 32.6. The van der Waals surface area contributed by atoms with E-state index in [2.05, 4.69) is 68.5 Å². The Balaban J connectivity index is 0.000000339. The van der Waals surface area contributed by atoms with E-state index in [0.717, 1.165) is 56.2 Å². The van der Waals surface area contributed by atoms with E-state index in [0.29, 0.717) is 0 Å². The zero-order valence-corrected chi connectivity index (χ0v) is 31.3. The van der Waals surface area contributed by atoms with Crippen LogP contribution in [0.3, 0.4) is 0 Å². The molecule has 50 heavy (non-hydrogen) atoms. The van der Waals surface area contributed by atoms with Gasteiger partial charge in [-0.15, -0.1) is 36.4 Å². The van der Waals surface area contributed by atoms with Gasteiger partial charge in [-0.05, 0) is 24.3 Å². The number of nitrogens with zero attached hydrogens (tertiary/aromatic N) is 4. The molecule has 4 nitrogen and oxygen atoms in total. The van der Waals surface area contributed by atoms with E-state index >= 15 is 0 Å². The number of rotatable bonds is 5. The van der Waals surface area contributed by atoms with E-state index in [1.54, 1.807) is 24.8 Å². The van der Waals surface area contributed by atoms with Crippen LogP contribution < -0.4 is 0 Å². The summed E-state index contributed by atoms with van der Waals surface area (Å²) in [5.74, 6) is 0. The Labute approximate surface area is 322 Å². The fourth-order valence-electron chi connectivity index (χ4n) is 4.80. The Hall–Kier alpha value is -5.14. The summed E-state index contributed by atoms with van der Waals surface area (Å²) < 4.78 is 0. The molecule has 0 atom stereocenters. The molecule has 0 aliphatic carbocycles. The van der Waals surface area contributed by atoms with E-state index in [-0.39, 0.29) is 42.1 Å². The molecule has 0 bridgehead atoms. The van der Waals surface area contributed by atoms with Gasteiger partial charge in [-0.3, -0.25) is 19.9 Å². The van der Waals surface area contributed by atoms with Gasteiger partial charge in [0.15, 0.2) is 0 Å². The van der Waals surface area contributed by atoms with Crippen molar-refractivity contribution in [2.24, 2.45) is 0 Å². The summed E-state index contributed by atoms with van der Waals surface area (Å²) in [4.78, 5) is 18.3. The van der Waals surface area contributed by atoms with Gasteiger partial charge in [0.2, 0.25) is 0 Å². The first-order chi connectivity index (χ1) is 23.8. The average molecular weight is 1000 g/mol. The molecule has 4 aromatic heterocycles.